The van der Waals surface area contributed by atoms with E-state index < -0.39 is 0 Å². The minimum absolute atomic E-state index is 0.263. The lowest BCUT2D eigenvalue weighted by Crippen LogP contribution is -2.02. The normalized spacial score (nSPS) is 11.1. The lowest BCUT2D eigenvalue weighted by Gasteiger charge is -2.09. The molecule has 6 nitrogen and oxygen atoms in total. The first-order valence-electron chi connectivity index (χ1n) is 7.40. The Morgan fingerprint density at radius 2 is 2.26 bits per heavy atom. The molecule has 0 bridgehead atoms. The quantitative estimate of drug-likeness (QED) is 0.786. The highest BCUT2D eigenvalue weighted by molar-refractivity contribution is 5.67. The van der Waals surface area contributed by atoms with Crippen molar-refractivity contribution in [1.82, 2.24) is 15.0 Å². The first kappa shape index (κ1) is 16.4. The van der Waals surface area contributed by atoms with Gasteiger partial charge in [-0.3, -0.25) is 0 Å². The van der Waals surface area contributed by atoms with E-state index in [4.69, 9.17) is 9.68 Å². The van der Waals surface area contributed by atoms with E-state index in [0.717, 1.165) is 23.4 Å². The average molecular weight is 309 g/mol. The lowest BCUT2D eigenvalue weighted by atomic mass is 10.1. The summed E-state index contributed by atoms with van der Waals surface area (Å²) in [5.41, 5.74) is 2.36. The molecule has 2 aromatic heterocycles. The summed E-state index contributed by atoms with van der Waals surface area (Å²) in [5.74, 6) is 1.74. The van der Waals surface area contributed by atoms with Gasteiger partial charge in [0.2, 0.25) is 5.89 Å². The van der Waals surface area contributed by atoms with Crippen LogP contribution in [0.5, 0.6) is 0 Å². The fraction of sp³-hybridized carbons (Fsp3) is 0.294. The van der Waals surface area contributed by atoms with Crippen LogP contribution in [-0.2, 0) is 6.42 Å². The highest BCUT2D eigenvalue weighted by Gasteiger charge is 2.17. The number of nitriles is 1. The molecule has 0 saturated carbocycles. The van der Waals surface area contributed by atoms with Crippen molar-refractivity contribution in [2.24, 2.45) is 0 Å². The predicted molar refractivity (Wildman–Crippen MR) is 89.5 cm³/mol. The molecule has 0 aromatic carbocycles. The summed E-state index contributed by atoms with van der Waals surface area (Å²) < 4.78 is 5.84. The van der Waals surface area contributed by atoms with Crippen LogP contribution < -0.4 is 5.32 Å². The van der Waals surface area contributed by atoms with E-state index in [0.29, 0.717) is 23.8 Å². The van der Waals surface area contributed by atoms with Gasteiger partial charge in [-0.2, -0.15) is 5.26 Å². The van der Waals surface area contributed by atoms with Crippen molar-refractivity contribution in [2.75, 3.05) is 12.4 Å². The average Bonchev–Trinajstić information content (AvgIpc) is 3.05. The molecule has 0 saturated heterocycles. The SMILES string of the molecule is C=CCc1c(NC)ncnc1-c1cnc(/C(=C/CC)CC#N)o1. The van der Waals surface area contributed by atoms with Crippen LogP contribution >= 0.6 is 0 Å². The molecule has 1 N–H and O–H groups in total. The Bertz CT molecular complexity index is 755. The fourth-order valence-electron chi connectivity index (χ4n) is 2.28. The zero-order valence-corrected chi connectivity index (χ0v) is 13.3. The molecular formula is C17H19N5O. The molecule has 0 atom stereocenters. The second-order valence-electron chi connectivity index (χ2n) is 4.79. The topological polar surface area (TPSA) is 87.6 Å². The van der Waals surface area contributed by atoms with Crippen LogP contribution in [0.2, 0.25) is 0 Å². The van der Waals surface area contributed by atoms with Crippen molar-refractivity contribution >= 4 is 11.4 Å². The molecule has 6 heteroatoms. The Kier molecular flexibility index (Phi) is 5.64. The molecule has 0 fully saturated rings. The predicted octanol–water partition coefficient (Wildman–Crippen LogP) is 3.61. The molecule has 2 aromatic rings. The summed E-state index contributed by atoms with van der Waals surface area (Å²) in [6, 6.07) is 2.13. The van der Waals surface area contributed by atoms with Crippen molar-refractivity contribution in [2.45, 2.75) is 26.2 Å². The lowest BCUT2D eigenvalue weighted by molar-refractivity contribution is 0.551. The smallest absolute Gasteiger partial charge is 0.223 e. The first-order chi connectivity index (χ1) is 11.2. The summed E-state index contributed by atoms with van der Waals surface area (Å²) in [7, 11) is 1.81. The number of hydrogen-bond donors (Lipinski definition) is 1. The maximum absolute atomic E-state index is 8.93. The third kappa shape index (κ3) is 3.64. The first-order valence-corrected chi connectivity index (χ1v) is 7.40. The van der Waals surface area contributed by atoms with E-state index in [-0.39, 0.29) is 6.42 Å². The van der Waals surface area contributed by atoms with E-state index in [1.807, 2.05) is 13.0 Å². The second kappa shape index (κ2) is 7.90. The summed E-state index contributed by atoms with van der Waals surface area (Å²) in [5, 5.41) is 12.0. The van der Waals surface area contributed by atoms with Gasteiger partial charge >= 0.3 is 0 Å². The van der Waals surface area contributed by atoms with E-state index in [1.165, 1.54) is 6.33 Å². The Morgan fingerprint density at radius 1 is 1.43 bits per heavy atom. The zero-order chi connectivity index (χ0) is 16.7. The van der Waals surface area contributed by atoms with Gasteiger partial charge in [-0.1, -0.05) is 19.1 Å². The fourth-order valence-corrected chi connectivity index (χ4v) is 2.28. The Morgan fingerprint density at radius 3 is 2.91 bits per heavy atom. The molecule has 0 aliphatic rings. The summed E-state index contributed by atoms with van der Waals surface area (Å²) in [6.45, 7) is 5.78. The van der Waals surface area contributed by atoms with Crippen LogP contribution in [0.4, 0.5) is 5.82 Å². The van der Waals surface area contributed by atoms with Crippen LogP contribution in [0.15, 0.2) is 35.7 Å². The van der Waals surface area contributed by atoms with Crippen LogP contribution in [0.3, 0.4) is 0 Å². The van der Waals surface area contributed by atoms with Crippen molar-refractivity contribution < 1.29 is 4.42 Å². The van der Waals surface area contributed by atoms with Gasteiger partial charge in [-0.15, -0.1) is 6.58 Å². The minimum Gasteiger partial charge on any atom is -0.435 e. The molecule has 0 aliphatic heterocycles. The molecule has 23 heavy (non-hydrogen) atoms. The van der Waals surface area contributed by atoms with Gasteiger partial charge in [0.25, 0.3) is 0 Å². The Balaban J connectivity index is 2.47. The molecule has 0 amide bonds. The number of anilines is 1. The number of aromatic nitrogens is 3. The summed E-state index contributed by atoms with van der Waals surface area (Å²) in [4.78, 5) is 12.8. The number of allylic oxidation sites excluding steroid dienone is 3. The molecule has 0 unspecified atom stereocenters. The van der Waals surface area contributed by atoms with Gasteiger partial charge < -0.3 is 9.73 Å². The van der Waals surface area contributed by atoms with Gasteiger partial charge in [0.15, 0.2) is 5.76 Å². The van der Waals surface area contributed by atoms with E-state index >= 15 is 0 Å². The number of oxazole rings is 1. The number of nitrogens with zero attached hydrogens (tertiary/aromatic N) is 4. The number of hydrogen-bond acceptors (Lipinski definition) is 6. The largest absolute Gasteiger partial charge is 0.435 e. The van der Waals surface area contributed by atoms with Crippen molar-refractivity contribution in [3.8, 4) is 17.5 Å². The van der Waals surface area contributed by atoms with Crippen molar-refractivity contribution in [3.05, 3.63) is 42.7 Å². The zero-order valence-electron chi connectivity index (χ0n) is 13.3. The minimum atomic E-state index is 0.263. The summed E-state index contributed by atoms with van der Waals surface area (Å²) in [6.07, 6.45) is 8.53. The third-order valence-electron chi connectivity index (χ3n) is 3.26. The van der Waals surface area contributed by atoms with Crippen LogP contribution in [-0.4, -0.2) is 22.0 Å². The van der Waals surface area contributed by atoms with Gasteiger partial charge in [0.05, 0.1) is 18.7 Å². The van der Waals surface area contributed by atoms with Crippen molar-refractivity contribution in [1.29, 1.82) is 5.26 Å². The highest BCUT2D eigenvalue weighted by Crippen LogP contribution is 2.29. The molecule has 2 rings (SSSR count). The second-order valence-corrected chi connectivity index (χ2v) is 4.79. The maximum Gasteiger partial charge on any atom is 0.223 e. The number of rotatable bonds is 7. The third-order valence-corrected chi connectivity index (χ3v) is 3.26. The molecule has 0 spiro atoms. The monoisotopic (exact) mass is 309 g/mol. The molecular weight excluding hydrogens is 290 g/mol. The summed E-state index contributed by atoms with van der Waals surface area (Å²) >= 11 is 0. The van der Waals surface area contributed by atoms with Crippen LogP contribution in [0.25, 0.3) is 17.0 Å². The van der Waals surface area contributed by atoms with Gasteiger partial charge in [-0.05, 0) is 12.8 Å². The van der Waals surface area contributed by atoms with Crippen molar-refractivity contribution in [3.63, 3.8) is 0 Å². The van der Waals surface area contributed by atoms with E-state index in [1.54, 1.807) is 19.3 Å². The molecule has 0 radical (unpaired) electrons. The molecule has 118 valence electrons. The van der Waals surface area contributed by atoms with Crippen LogP contribution in [0, 0.1) is 11.3 Å². The van der Waals surface area contributed by atoms with E-state index in [9.17, 15) is 0 Å². The Labute approximate surface area is 135 Å². The maximum atomic E-state index is 8.93. The van der Waals surface area contributed by atoms with Gasteiger partial charge in [-0.25, -0.2) is 15.0 Å². The van der Waals surface area contributed by atoms with Gasteiger partial charge in [0.1, 0.15) is 17.8 Å². The molecule has 0 aliphatic carbocycles. The Hall–Kier alpha value is -2.94. The van der Waals surface area contributed by atoms with E-state index in [2.05, 4.69) is 32.9 Å². The highest BCUT2D eigenvalue weighted by atomic mass is 16.4. The van der Waals surface area contributed by atoms with Gasteiger partial charge in [0, 0.05) is 18.2 Å². The number of nitrogens with one attached hydrogen (secondary N) is 1. The van der Waals surface area contributed by atoms with Crippen LogP contribution in [0.1, 0.15) is 31.2 Å². The standard InChI is InChI=1S/C17H19N5O/c1-4-6-12(8-9-18)17-20-10-14(23-17)15-13(7-5-2)16(19-3)22-11-21-15/h5-6,10-11H,2,4,7-8H2,1,3H3,(H,19,21,22)/b12-6+. The molecule has 2 heterocycles.